The Labute approximate surface area is 173 Å². The number of halogens is 1. The zero-order valence-corrected chi connectivity index (χ0v) is 16.7. The van der Waals surface area contributed by atoms with Gasteiger partial charge in [-0.15, -0.1) is 10.2 Å². The van der Waals surface area contributed by atoms with Gasteiger partial charge in [-0.2, -0.15) is 0 Å². The van der Waals surface area contributed by atoms with Crippen molar-refractivity contribution in [1.82, 2.24) is 25.5 Å². The van der Waals surface area contributed by atoms with Crippen LogP contribution in [0.5, 0.6) is 0 Å². The molecule has 0 saturated heterocycles. The number of carbonyl (C=O) groups excluding carboxylic acids is 1. The van der Waals surface area contributed by atoms with E-state index in [2.05, 4.69) is 30.8 Å². The lowest BCUT2D eigenvalue weighted by atomic mass is 10.2. The van der Waals surface area contributed by atoms with Crippen molar-refractivity contribution in [3.05, 3.63) is 65.6 Å². The second-order valence-electron chi connectivity index (χ2n) is 5.61. The van der Waals surface area contributed by atoms with Gasteiger partial charge in [0, 0.05) is 40.4 Å². The maximum atomic E-state index is 12.0. The molecular formula is C18H13ClN6OS2. The fourth-order valence-corrected chi connectivity index (χ4v) is 4.40. The molecule has 4 aromatic rings. The highest BCUT2D eigenvalue weighted by Crippen LogP contribution is 2.36. The predicted molar refractivity (Wildman–Crippen MR) is 111 cm³/mol. The smallest absolute Gasteiger partial charge is 0.321 e. The Bertz CT molecular complexity index is 1120. The molecule has 28 heavy (non-hydrogen) atoms. The number of pyridine rings is 2. The number of benzene rings is 1. The molecule has 2 N–H and O–H groups in total. The quantitative estimate of drug-likeness (QED) is 0.451. The Balaban J connectivity index is 1.40. The van der Waals surface area contributed by atoms with Gasteiger partial charge in [0.05, 0.1) is 5.52 Å². The van der Waals surface area contributed by atoms with E-state index in [0.717, 1.165) is 21.4 Å². The average molecular weight is 429 g/mol. The summed E-state index contributed by atoms with van der Waals surface area (Å²) in [5, 5.41) is 15.7. The van der Waals surface area contributed by atoms with Gasteiger partial charge >= 0.3 is 6.03 Å². The van der Waals surface area contributed by atoms with Gasteiger partial charge in [-0.25, -0.2) is 4.79 Å². The molecule has 4 rings (SSSR count). The first-order valence-corrected chi connectivity index (χ1v) is 10.2. The molecule has 0 bridgehead atoms. The van der Waals surface area contributed by atoms with Crippen molar-refractivity contribution in [2.75, 3.05) is 5.32 Å². The Morgan fingerprint density at radius 2 is 2.11 bits per heavy atom. The van der Waals surface area contributed by atoms with E-state index in [-0.39, 0.29) is 6.03 Å². The minimum absolute atomic E-state index is 0.347. The van der Waals surface area contributed by atoms with Crippen LogP contribution in [0, 0.1) is 0 Å². The van der Waals surface area contributed by atoms with Crippen molar-refractivity contribution in [2.24, 2.45) is 0 Å². The van der Waals surface area contributed by atoms with Crippen LogP contribution in [0.4, 0.5) is 9.93 Å². The summed E-state index contributed by atoms with van der Waals surface area (Å²) in [7, 11) is 0. The molecule has 3 aromatic heterocycles. The van der Waals surface area contributed by atoms with Crippen molar-refractivity contribution in [3.63, 3.8) is 0 Å². The van der Waals surface area contributed by atoms with Crippen LogP contribution in [-0.4, -0.2) is 26.2 Å². The number of anilines is 1. The Kier molecular flexibility index (Phi) is 5.65. The third-order valence-corrected chi connectivity index (χ3v) is 5.87. The molecule has 0 aliphatic rings. The lowest BCUT2D eigenvalue weighted by Gasteiger charge is -2.04. The van der Waals surface area contributed by atoms with Gasteiger partial charge in [-0.1, -0.05) is 46.8 Å². The largest absolute Gasteiger partial charge is 0.334 e. The third-order valence-electron chi connectivity index (χ3n) is 3.66. The van der Waals surface area contributed by atoms with E-state index in [1.54, 1.807) is 18.6 Å². The van der Waals surface area contributed by atoms with Crippen LogP contribution in [-0.2, 0) is 6.54 Å². The van der Waals surface area contributed by atoms with Crippen LogP contribution in [0.2, 0.25) is 5.02 Å². The highest BCUT2D eigenvalue weighted by atomic mass is 35.5. The predicted octanol–water partition coefficient (Wildman–Crippen LogP) is 4.61. The maximum Gasteiger partial charge on any atom is 0.321 e. The van der Waals surface area contributed by atoms with E-state index >= 15 is 0 Å². The van der Waals surface area contributed by atoms with E-state index in [0.29, 0.717) is 21.0 Å². The van der Waals surface area contributed by atoms with Gasteiger partial charge in [-0.3, -0.25) is 15.3 Å². The summed E-state index contributed by atoms with van der Waals surface area (Å²) in [5.74, 6) is 0. The Morgan fingerprint density at radius 3 is 2.96 bits per heavy atom. The molecule has 3 heterocycles. The minimum atomic E-state index is -0.347. The average Bonchev–Trinajstić information content (AvgIpc) is 3.14. The first kappa shape index (κ1) is 18.6. The van der Waals surface area contributed by atoms with Crippen LogP contribution >= 0.6 is 34.7 Å². The van der Waals surface area contributed by atoms with Crippen LogP contribution in [0.25, 0.3) is 10.9 Å². The molecule has 140 valence electrons. The van der Waals surface area contributed by atoms with Gasteiger partial charge in [-0.05, 0) is 29.8 Å². The van der Waals surface area contributed by atoms with E-state index in [9.17, 15) is 4.79 Å². The van der Waals surface area contributed by atoms with Crippen molar-refractivity contribution >= 4 is 56.8 Å². The number of nitrogens with one attached hydrogen (secondary N) is 2. The fraction of sp³-hybridized carbons (Fsp3) is 0.0556. The topological polar surface area (TPSA) is 92.7 Å². The monoisotopic (exact) mass is 428 g/mol. The summed E-state index contributed by atoms with van der Waals surface area (Å²) in [4.78, 5) is 21.4. The molecule has 7 nitrogen and oxygen atoms in total. The summed E-state index contributed by atoms with van der Waals surface area (Å²) in [5.41, 5.74) is 1.73. The SMILES string of the molecule is O=C(NCc1cccnc1)Nc1nnc(Sc2ccnc3cc(Cl)ccc23)s1. The number of urea groups is 1. The molecule has 0 unspecified atom stereocenters. The maximum absolute atomic E-state index is 12.0. The highest BCUT2D eigenvalue weighted by molar-refractivity contribution is 8.01. The van der Waals surface area contributed by atoms with Crippen LogP contribution in [0.3, 0.4) is 0 Å². The summed E-state index contributed by atoms with van der Waals surface area (Å²) in [6, 6.07) is 10.9. The number of aromatic nitrogens is 4. The zero-order chi connectivity index (χ0) is 19.3. The van der Waals surface area contributed by atoms with Gasteiger partial charge in [0.25, 0.3) is 0 Å². The lowest BCUT2D eigenvalue weighted by molar-refractivity contribution is 0.251. The third kappa shape index (κ3) is 4.56. The normalized spacial score (nSPS) is 10.8. The molecule has 10 heteroatoms. The second kappa shape index (κ2) is 8.51. The number of nitrogens with zero attached hydrogens (tertiary/aromatic N) is 4. The standard InChI is InChI=1S/C18H13ClN6OS2/c19-12-3-4-13-14(8-12)21-7-5-15(13)27-18-25-24-17(28-18)23-16(26)22-10-11-2-1-6-20-9-11/h1-9H,10H2,(H2,22,23,24,26). The molecular weight excluding hydrogens is 416 g/mol. The molecule has 0 fully saturated rings. The first-order valence-electron chi connectivity index (χ1n) is 8.17. The summed E-state index contributed by atoms with van der Waals surface area (Å²) >= 11 is 8.79. The number of amides is 2. The molecule has 0 aliphatic carbocycles. The van der Waals surface area contributed by atoms with Crippen LogP contribution in [0.15, 0.2) is 64.2 Å². The molecule has 0 radical (unpaired) electrons. The number of fused-ring (bicyclic) bond motifs is 1. The fourth-order valence-electron chi connectivity index (χ4n) is 2.41. The summed E-state index contributed by atoms with van der Waals surface area (Å²) < 4.78 is 0.713. The van der Waals surface area contributed by atoms with E-state index in [1.165, 1.54) is 23.1 Å². The molecule has 0 aliphatic heterocycles. The number of hydrogen-bond donors (Lipinski definition) is 2. The van der Waals surface area contributed by atoms with Crippen molar-refractivity contribution in [2.45, 2.75) is 15.8 Å². The molecule has 1 aromatic carbocycles. The van der Waals surface area contributed by atoms with Crippen molar-refractivity contribution in [3.8, 4) is 0 Å². The number of rotatable bonds is 5. The van der Waals surface area contributed by atoms with Gasteiger partial charge in [0.2, 0.25) is 5.13 Å². The van der Waals surface area contributed by atoms with Crippen LogP contribution < -0.4 is 10.6 Å². The first-order chi connectivity index (χ1) is 13.7. The zero-order valence-electron chi connectivity index (χ0n) is 14.3. The summed E-state index contributed by atoms with van der Waals surface area (Å²) in [6.07, 6.45) is 5.11. The van der Waals surface area contributed by atoms with Crippen LogP contribution in [0.1, 0.15) is 5.56 Å². The molecule has 2 amide bonds. The second-order valence-corrected chi connectivity index (χ2v) is 8.32. The lowest BCUT2D eigenvalue weighted by Crippen LogP contribution is -2.28. The molecule has 0 saturated carbocycles. The molecule has 0 atom stereocenters. The Hall–Kier alpha value is -2.75. The van der Waals surface area contributed by atoms with Gasteiger partial charge < -0.3 is 5.32 Å². The van der Waals surface area contributed by atoms with E-state index < -0.39 is 0 Å². The van der Waals surface area contributed by atoms with Gasteiger partial charge in [0.15, 0.2) is 4.34 Å². The molecule has 0 spiro atoms. The summed E-state index contributed by atoms with van der Waals surface area (Å²) in [6.45, 7) is 0.381. The number of carbonyl (C=O) groups is 1. The van der Waals surface area contributed by atoms with Crippen molar-refractivity contribution in [1.29, 1.82) is 0 Å². The van der Waals surface area contributed by atoms with E-state index in [1.807, 2.05) is 36.4 Å². The van der Waals surface area contributed by atoms with Gasteiger partial charge in [0.1, 0.15) is 0 Å². The Morgan fingerprint density at radius 1 is 1.18 bits per heavy atom. The van der Waals surface area contributed by atoms with E-state index in [4.69, 9.17) is 11.6 Å². The minimum Gasteiger partial charge on any atom is -0.334 e. The highest BCUT2D eigenvalue weighted by Gasteiger charge is 2.11. The number of hydrogen-bond acceptors (Lipinski definition) is 7. The van der Waals surface area contributed by atoms with Crippen molar-refractivity contribution < 1.29 is 4.79 Å².